The van der Waals surface area contributed by atoms with Crippen LogP contribution in [0.5, 0.6) is 0 Å². The maximum absolute atomic E-state index is 6.28. The molecule has 0 spiro atoms. The monoisotopic (exact) mass is 308 g/mol. The van der Waals surface area contributed by atoms with Crippen LogP contribution in [0.4, 0.5) is 0 Å². The highest BCUT2D eigenvalue weighted by Gasteiger charge is 2.53. The van der Waals surface area contributed by atoms with Crippen molar-refractivity contribution >= 4 is 0 Å². The van der Waals surface area contributed by atoms with Gasteiger partial charge in [0.05, 0.1) is 19.7 Å². The largest absolute Gasteiger partial charge is 0.350 e. The highest BCUT2D eigenvalue weighted by molar-refractivity contribution is 5.01. The summed E-state index contributed by atoms with van der Waals surface area (Å²) in [6.07, 6.45) is 10.2. The zero-order chi connectivity index (χ0) is 15.2. The second-order valence-corrected chi connectivity index (χ2v) is 8.97. The molecule has 4 rings (SSSR count). The highest BCUT2D eigenvalue weighted by atomic mass is 16.7. The fourth-order valence-electron chi connectivity index (χ4n) is 5.99. The van der Waals surface area contributed by atoms with E-state index < -0.39 is 0 Å². The van der Waals surface area contributed by atoms with Gasteiger partial charge in [-0.1, -0.05) is 13.8 Å². The van der Waals surface area contributed by atoms with E-state index in [2.05, 4.69) is 13.8 Å². The molecule has 3 nitrogen and oxygen atoms in total. The Labute approximate surface area is 135 Å². The van der Waals surface area contributed by atoms with E-state index in [0.29, 0.717) is 11.5 Å². The molecule has 3 heteroatoms. The second kappa shape index (κ2) is 6.07. The smallest absolute Gasteiger partial charge is 0.158 e. The molecule has 1 N–H and O–H groups in total. The number of piperidine rings is 1. The lowest BCUT2D eigenvalue weighted by Crippen LogP contribution is -3.13. The van der Waals surface area contributed by atoms with Crippen molar-refractivity contribution in [3.05, 3.63) is 0 Å². The molecular weight excluding hydrogens is 274 g/mol. The van der Waals surface area contributed by atoms with Gasteiger partial charge in [-0.15, -0.1) is 0 Å². The third kappa shape index (κ3) is 2.85. The molecule has 4 aliphatic rings. The number of quaternary nitrogens is 1. The molecule has 5 atom stereocenters. The lowest BCUT2D eigenvalue weighted by Gasteiger charge is -2.39. The number of rotatable bonds is 4. The summed E-state index contributed by atoms with van der Waals surface area (Å²) in [4.78, 5) is 1.74. The van der Waals surface area contributed by atoms with E-state index in [0.717, 1.165) is 37.3 Å². The van der Waals surface area contributed by atoms with Gasteiger partial charge in [-0.3, -0.25) is 0 Å². The summed E-state index contributed by atoms with van der Waals surface area (Å²) in [5.41, 5.74) is 0.506. The summed E-state index contributed by atoms with van der Waals surface area (Å²) < 4.78 is 12.3. The van der Waals surface area contributed by atoms with Crippen LogP contribution in [0.2, 0.25) is 0 Å². The molecule has 2 aliphatic carbocycles. The van der Waals surface area contributed by atoms with Gasteiger partial charge in [-0.05, 0) is 61.7 Å². The summed E-state index contributed by atoms with van der Waals surface area (Å²) in [6.45, 7) is 9.65. The van der Waals surface area contributed by atoms with Crippen molar-refractivity contribution in [2.24, 2.45) is 23.2 Å². The van der Waals surface area contributed by atoms with Crippen LogP contribution in [0.25, 0.3) is 0 Å². The van der Waals surface area contributed by atoms with Crippen LogP contribution in [0, 0.1) is 23.2 Å². The normalized spacial score (nSPS) is 44.7. The summed E-state index contributed by atoms with van der Waals surface area (Å²) in [7, 11) is 0. The predicted octanol–water partition coefficient (Wildman–Crippen LogP) is 2.26. The van der Waals surface area contributed by atoms with Gasteiger partial charge in [0.2, 0.25) is 0 Å². The molecule has 0 aromatic heterocycles. The topological polar surface area (TPSA) is 22.9 Å². The third-order valence-electron chi connectivity index (χ3n) is 7.39. The van der Waals surface area contributed by atoms with Crippen LogP contribution in [-0.2, 0) is 9.47 Å². The number of hydrogen-bond acceptors (Lipinski definition) is 2. The Morgan fingerprint density at radius 2 is 1.91 bits per heavy atom. The van der Waals surface area contributed by atoms with E-state index in [1.807, 2.05) is 0 Å². The highest BCUT2D eigenvalue weighted by Crippen LogP contribution is 2.60. The Morgan fingerprint density at radius 1 is 1.09 bits per heavy atom. The van der Waals surface area contributed by atoms with E-state index in [1.54, 1.807) is 4.90 Å². The SMILES string of the molecule is CC1(C)[C@@H]2CC[C@H](C2)[C@@H]1C[C@H]1OC[C@@H](C[NH+]2CCCCC2)O1. The average Bonchev–Trinajstić information content (AvgIpc) is 3.19. The zero-order valence-corrected chi connectivity index (χ0v) is 14.5. The molecule has 4 fully saturated rings. The first-order valence-corrected chi connectivity index (χ1v) is 9.73. The van der Waals surface area contributed by atoms with Gasteiger partial charge in [-0.2, -0.15) is 0 Å². The van der Waals surface area contributed by atoms with Gasteiger partial charge >= 0.3 is 0 Å². The average molecular weight is 308 g/mol. The van der Waals surface area contributed by atoms with Gasteiger partial charge < -0.3 is 14.4 Å². The van der Waals surface area contributed by atoms with Gasteiger partial charge in [-0.25, -0.2) is 0 Å². The molecule has 126 valence electrons. The number of hydrogen-bond donors (Lipinski definition) is 1. The molecule has 2 heterocycles. The molecule has 0 amide bonds. The van der Waals surface area contributed by atoms with E-state index >= 15 is 0 Å². The molecule has 2 saturated heterocycles. The summed E-state index contributed by atoms with van der Waals surface area (Å²) in [6, 6.07) is 0. The lowest BCUT2D eigenvalue weighted by molar-refractivity contribution is -0.907. The standard InChI is InChI=1S/C19H33NO2/c1-19(2)15-7-6-14(10-15)17(19)11-18-21-13-16(22-18)12-20-8-4-3-5-9-20/h14-18H,3-13H2,1-2H3/p+1/t14-,15-,16-,17+,18+/m1/s1. The fraction of sp³-hybridized carbons (Fsp3) is 1.00. The quantitative estimate of drug-likeness (QED) is 0.861. The van der Waals surface area contributed by atoms with E-state index in [9.17, 15) is 0 Å². The summed E-state index contributed by atoms with van der Waals surface area (Å²) >= 11 is 0. The molecular formula is C19H34NO2+. The number of likely N-dealkylation sites (tertiary alicyclic amines) is 1. The van der Waals surface area contributed by atoms with Gasteiger partial charge in [0.25, 0.3) is 0 Å². The van der Waals surface area contributed by atoms with E-state index in [-0.39, 0.29) is 6.29 Å². The minimum Gasteiger partial charge on any atom is -0.350 e. The Hall–Kier alpha value is -0.120. The van der Waals surface area contributed by atoms with Crippen molar-refractivity contribution in [2.45, 2.75) is 71.2 Å². The van der Waals surface area contributed by atoms with Crippen molar-refractivity contribution in [1.82, 2.24) is 0 Å². The van der Waals surface area contributed by atoms with Crippen LogP contribution in [0.15, 0.2) is 0 Å². The van der Waals surface area contributed by atoms with Crippen molar-refractivity contribution in [1.29, 1.82) is 0 Å². The van der Waals surface area contributed by atoms with Crippen LogP contribution < -0.4 is 4.90 Å². The number of fused-ring (bicyclic) bond motifs is 2. The second-order valence-electron chi connectivity index (χ2n) is 8.97. The predicted molar refractivity (Wildman–Crippen MR) is 86.7 cm³/mol. The Bertz CT molecular complexity index is 391. The maximum atomic E-state index is 6.28. The Kier molecular flexibility index (Phi) is 4.25. The summed E-state index contributed by atoms with van der Waals surface area (Å²) in [5, 5.41) is 0. The molecule has 0 aromatic rings. The molecule has 0 unspecified atom stereocenters. The van der Waals surface area contributed by atoms with Crippen LogP contribution >= 0.6 is 0 Å². The van der Waals surface area contributed by atoms with Crippen molar-refractivity contribution in [3.63, 3.8) is 0 Å². The first-order chi connectivity index (χ1) is 10.6. The van der Waals surface area contributed by atoms with Crippen molar-refractivity contribution in [2.75, 3.05) is 26.2 Å². The van der Waals surface area contributed by atoms with E-state index in [1.165, 1.54) is 51.6 Å². The molecule has 0 aromatic carbocycles. The third-order valence-corrected chi connectivity index (χ3v) is 7.39. The Morgan fingerprint density at radius 3 is 2.64 bits per heavy atom. The number of ether oxygens (including phenoxy) is 2. The van der Waals surface area contributed by atoms with E-state index in [4.69, 9.17) is 9.47 Å². The van der Waals surface area contributed by atoms with Crippen molar-refractivity contribution in [3.8, 4) is 0 Å². The first-order valence-electron chi connectivity index (χ1n) is 9.73. The van der Waals surface area contributed by atoms with Crippen molar-refractivity contribution < 1.29 is 14.4 Å². The summed E-state index contributed by atoms with van der Waals surface area (Å²) in [5.74, 6) is 2.72. The van der Waals surface area contributed by atoms with Gasteiger partial charge in [0.15, 0.2) is 6.29 Å². The molecule has 2 aliphatic heterocycles. The van der Waals surface area contributed by atoms with Crippen LogP contribution in [0.1, 0.15) is 58.8 Å². The maximum Gasteiger partial charge on any atom is 0.158 e. The molecule has 22 heavy (non-hydrogen) atoms. The Balaban J connectivity index is 1.28. The van der Waals surface area contributed by atoms with Crippen LogP contribution in [0.3, 0.4) is 0 Å². The first kappa shape index (κ1) is 15.4. The lowest BCUT2D eigenvalue weighted by atomic mass is 9.67. The minimum absolute atomic E-state index is 0.0813. The zero-order valence-electron chi connectivity index (χ0n) is 14.5. The fourth-order valence-corrected chi connectivity index (χ4v) is 5.99. The van der Waals surface area contributed by atoms with Crippen LogP contribution in [-0.4, -0.2) is 38.6 Å². The number of nitrogens with one attached hydrogen (secondary N) is 1. The molecule has 2 saturated carbocycles. The minimum atomic E-state index is 0.0813. The molecule has 2 bridgehead atoms. The van der Waals surface area contributed by atoms with Gasteiger partial charge in [0.1, 0.15) is 12.6 Å². The molecule has 0 radical (unpaired) electrons. The van der Waals surface area contributed by atoms with Gasteiger partial charge in [0, 0.05) is 6.42 Å².